The maximum Gasteiger partial charge on any atom is 0.251 e. The Morgan fingerprint density at radius 1 is 1.11 bits per heavy atom. The number of hydrogen-bond acceptors (Lipinski definition) is 2. The van der Waals surface area contributed by atoms with Crippen LogP contribution < -0.4 is 5.32 Å². The van der Waals surface area contributed by atoms with E-state index in [1.165, 1.54) is 12.8 Å². The maximum atomic E-state index is 14.8. The minimum Gasteiger partial charge on any atom is -0.354 e. The number of nitrogens with zero attached hydrogens (tertiary/aromatic N) is 1. The van der Waals surface area contributed by atoms with Gasteiger partial charge in [-0.25, -0.2) is 4.39 Å². The van der Waals surface area contributed by atoms with Gasteiger partial charge in [0.1, 0.15) is 5.82 Å². The predicted octanol–water partition coefficient (Wildman–Crippen LogP) is 3.86. The molecule has 5 rings (SSSR count). The highest BCUT2D eigenvalue weighted by atomic mass is 19.1. The number of aromatic amines is 1. The van der Waals surface area contributed by atoms with Crippen molar-refractivity contribution in [3.05, 3.63) is 58.9 Å². The van der Waals surface area contributed by atoms with Gasteiger partial charge in [-0.05, 0) is 56.1 Å². The van der Waals surface area contributed by atoms with E-state index in [4.69, 9.17) is 0 Å². The van der Waals surface area contributed by atoms with Crippen molar-refractivity contribution in [1.82, 2.24) is 15.2 Å². The number of halogens is 1. The molecular formula is C22H22FN3O. The van der Waals surface area contributed by atoms with Gasteiger partial charge in [-0.3, -0.25) is 9.69 Å². The highest BCUT2D eigenvalue weighted by Gasteiger charge is 2.22. The van der Waals surface area contributed by atoms with Gasteiger partial charge in [-0.1, -0.05) is 18.2 Å². The second-order valence-corrected chi connectivity index (χ2v) is 7.50. The molecule has 0 bridgehead atoms. The standard InChI is InChI=1S/C22H22FN3O/c23-18-12-14(6-7-15(18)13-26-10-1-2-11-26)21-16-8-9-24-22(27)17-4-3-5-19(25-21)20(16)17/h3-7,12,25H,1-2,8-11,13H2,(H,24,27). The molecular weight excluding hydrogens is 341 g/mol. The summed E-state index contributed by atoms with van der Waals surface area (Å²) in [6, 6.07) is 11.2. The van der Waals surface area contributed by atoms with Crippen LogP contribution >= 0.6 is 0 Å². The highest BCUT2D eigenvalue weighted by molar-refractivity contribution is 6.10. The van der Waals surface area contributed by atoms with E-state index in [1.54, 1.807) is 6.07 Å². The third-order valence-electron chi connectivity index (χ3n) is 5.77. The smallest absolute Gasteiger partial charge is 0.251 e. The summed E-state index contributed by atoms with van der Waals surface area (Å²) in [4.78, 5) is 18.0. The number of aromatic nitrogens is 1. The Hall–Kier alpha value is -2.66. The van der Waals surface area contributed by atoms with Crippen molar-refractivity contribution in [2.24, 2.45) is 0 Å². The first-order chi connectivity index (χ1) is 13.2. The topological polar surface area (TPSA) is 48.1 Å². The van der Waals surface area contributed by atoms with Gasteiger partial charge in [0.2, 0.25) is 0 Å². The Kier molecular flexibility index (Phi) is 3.97. The average Bonchev–Trinajstić information content (AvgIpc) is 3.27. The number of carbonyl (C=O) groups is 1. The first-order valence-corrected chi connectivity index (χ1v) is 9.63. The second-order valence-electron chi connectivity index (χ2n) is 7.50. The van der Waals surface area contributed by atoms with Gasteiger partial charge < -0.3 is 10.3 Å². The number of likely N-dealkylation sites (tertiary alicyclic amines) is 1. The summed E-state index contributed by atoms with van der Waals surface area (Å²) in [6.45, 7) is 3.37. The van der Waals surface area contributed by atoms with Crippen molar-refractivity contribution in [2.45, 2.75) is 25.8 Å². The van der Waals surface area contributed by atoms with Crippen molar-refractivity contribution in [2.75, 3.05) is 19.6 Å². The number of benzene rings is 2. The molecule has 0 unspecified atom stereocenters. The largest absolute Gasteiger partial charge is 0.354 e. The number of amides is 1. The van der Waals surface area contributed by atoms with Gasteiger partial charge in [0, 0.05) is 46.4 Å². The summed E-state index contributed by atoms with van der Waals surface area (Å²) in [5.41, 5.74) is 5.21. The molecule has 0 spiro atoms. The molecule has 1 amide bonds. The molecule has 3 heterocycles. The molecule has 4 nitrogen and oxygen atoms in total. The summed E-state index contributed by atoms with van der Waals surface area (Å²) >= 11 is 0. The monoisotopic (exact) mass is 363 g/mol. The number of rotatable bonds is 3. The first-order valence-electron chi connectivity index (χ1n) is 9.63. The van der Waals surface area contributed by atoms with Gasteiger partial charge in [0.25, 0.3) is 5.91 Å². The summed E-state index contributed by atoms with van der Waals surface area (Å²) in [7, 11) is 0. The summed E-state index contributed by atoms with van der Waals surface area (Å²) in [6.07, 6.45) is 3.13. The van der Waals surface area contributed by atoms with E-state index in [0.717, 1.165) is 52.8 Å². The zero-order valence-electron chi connectivity index (χ0n) is 15.1. The molecule has 0 radical (unpaired) electrons. The van der Waals surface area contributed by atoms with Crippen LogP contribution in [-0.2, 0) is 13.0 Å². The van der Waals surface area contributed by atoms with Crippen LogP contribution in [0, 0.1) is 5.82 Å². The lowest BCUT2D eigenvalue weighted by Gasteiger charge is -2.15. The SMILES string of the molecule is O=C1NCCc2c(-c3ccc(CN4CCCC4)c(F)c3)[nH]c3cccc1c23. The Balaban J connectivity index is 1.57. The van der Waals surface area contributed by atoms with Gasteiger partial charge in [0.15, 0.2) is 0 Å². The van der Waals surface area contributed by atoms with Crippen LogP contribution in [0.15, 0.2) is 36.4 Å². The van der Waals surface area contributed by atoms with Crippen LogP contribution in [0.25, 0.3) is 22.2 Å². The number of nitrogens with one attached hydrogen (secondary N) is 2. The van der Waals surface area contributed by atoms with Crippen molar-refractivity contribution in [3.63, 3.8) is 0 Å². The Morgan fingerprint density at radius 2 is 1.96 bits per heavy atom. The van der Waals surface area contributed by atoms with Crippen molar-refractivity contribution in [3.8, 4) is 11.3 Å². The van der Waals surface area contributed by atoms with Crippen LogP contribution in [0.3, 0.4) is 0 Å². The van der Waals surface area contributed by atoms with E-state index in [9.17, 15) is 9.18 Å². The molecule has 5 heteroatoms. The van der Waals surface area contributed by atoms with Crippen molar-refractivity contribution in [1.29, 1.82) is 0 Å². The minimum absolute atomic E-state index is 0.0444. The van der Waals surface area contributed by atoms with Crippen LogP contribution in [0.1, 0.15) is 34.3 Å². The molecule has 138 valence electrons. The lowest BCUT2D eigenvalue weighted by molar-refractivity contribution is 0.0957. The molecule has 27 heavy (non-hydrogen) atoms. The van der Waals surface area contributed by atoms with Crippen molar-refractivity contribution < 1.29 is 9.18 Å². The Morgan fingerprint density at radius 3 is 2.78 bits per heavy atom. The number of hydrogen-bond donors (Lipinski definition) is 2. The third-order valence-corrected chi connectivity index (χ3v) is 5.77. The summed E-state index contributed by atoms with van der Waals surface area (Å²) in [5.74, 6) is -0.203. The van der Waals surface area contributed by atoms with E-state index < -0.39 is 0 Å². The molecule has 1 saturated heterocycles. The molecule has 0 aliphatic carbocycles. The summed E-state index contributed by atoms with van der Waals surface area (Å²) in [5, 5.41) is 3.91. The van der Waals surface area contributed by atoms with E-state index in [2.05, 4.69) is 15.2 Å². The second kappa shape index (κ2) is 6.50. The van der Waals surface area contributed by atoms with E-state index in [-0.39, 0.29) is 11.7 Å². The Labute approximate surface area is 157 Å². The van der Waals surface area contributed by atoms with Crippen molar-refractivity contribution >= 4 is 16.8 Å². The van der Waals surface area contributed by atoms with Gasteiger partial charge >= 0.3 is 0 Å². The third kappa shape index (κ3) is 2.82. The maximum absolute atomic E-state index is 14.8. The van der Waals surface area contributed by atoms with E-state index in [0.29, 0.717) is 18.7 Å². The lowest BCUT2D eigenvalue weighted by Crippen LogP contribution is -2.23. The quantitative estimate of drug-likeness (QED) is 0.742. The summed E-state index contributed by atoms with van der Waals surface area (Å²) < 4.78 is 14.8. The fourth-order valence-electron chi connectivity index (χ4n) is 4.41. The molecule has 0 saturated carbocycles. The molecule has 2 aliphatic rings. The number of carbonyl (C=O) groups excluding carboxylic acids is 1. The van der Waals surface area contributed by atoms with Crippen LogP contribution in [0.4, 0.5) is 4.39 Å². The average molecular weight is 363 g/mol. The van der Waals surface area contributed by atoms with Crippen LogP contribution in [0.2, 0.25) is 0 Å². The molecule has 0 atom stereocenters. The van der Waals surface area contributed by atoms with E-state index >= 15 is 0 Å². The predicted molar refractivity (Wildman–Crippen MR) is 104 cm³/mol. The minimum atomic E-state index is -0.159. The van der Waals surface area contributed by atoms with Gasteiger partial charge in [-0.15, -0.1) is 0 Å². The molecule has 3 aromatic rings. The van der Waals surface area contributed by atoms with Gasteiger partial charge in [0.05, 0.1) is 0 Å². The number of H-pyrrole nitrogens is 1. The fourth-order valence-corrected chi connectivity index (χ4v) is 4.41. The molecule has 2 aliphatic heterocycles. The van der Waals surface area contributed by atoms with Crippen LogP contribution in [-0.4, -0.2) is 35.4 Å². The zero-order chi connectivity index (χ0) is 18.4. The van der Waals surface area contributed by atoms with Gasteiger partial charge in [-0.2, -0.15) is 0 Å². The fraction of sp³-hybridized carbons (Fsp3) is 0.318. The van der Waals surface area contributed by atoms with E-state index in [1.807, 2.05) is 30.3 Å². The molecule has 1 fully saturated rings. The normalized spacial score (nSPS) is 17.3. The molecule has 1 aromatic heterocycles. The van der Waals surface area contributed by atoms with Crippen LogP contribution in [0.5, 0.6) is 0 Å². The lowest BCUT2D eigenvalue weighted by atomic mass is 9.99. The molecule has 2 aromatic carbocycles. The highest BCUT2D eigenvalue weighted by Crippen LogP contribution is 2.34. The first kappa shape index (κ1) is 16.5. The molecule has 2 N–H and O–H groups in total. The Bertz CT molecular complexity index is 1030. The zero-order valence-corrected chi connectivity index (χ0v) is 15.1.